The van der Waals surface area contributed by atoms with E-state index in [1.165, 1.54) is 12.8 Å². The third-order valence-electron chi connectivity index (χ3n) is 2.67. The third-order valence-corrected chi connectivity index (χ3v) is 2.67. The minimum atomic E-state index is 0.143. The van der Waals surface area contributed by atoms with Crippen LogP contribution in [0.15, 0.2) is 17.1 Å². The minimum Gasteiger partial charge on any atom is -0.293 e. The SMILES string of the molecule is Cn1ccc(=O)n1C1CCCC1. The van der Waals surface area contributed by atoms with Crippen LogP contribution in [0, 0.1) is 0 Å². The number of aryl methyl sites for hydroxylation is 1. The molecular weight excluding hydrogens is 152 g/mol. The molecule has 0 N–H and O–H groups in total. The lowest BCUT2D eigenvalue weighted by molar-refractivity contribution is 0.394. The van der Waals surface area contributed by atoms with Crippen molar-refractivity contribution in [2.45, 2.75) is 31.7 Å². The Morgan fingerprint density at radius 3 is 2.58 bits per heavy atom. The Morgan fingerprint density at radius 2 is 2.08 bits per heavy atom. The maximum Gasteiger partial charge on any atom is 0.266 e. The molecule has 0 spiro atoms. The summed E-state index contributed by atoms with van der Waals surface area (Å²) in [7, 11) is 1.93. The normalized spacial score (nSPS) is 18.8. The summed E-state index contributed by atoms with van der Waals surface area (Å²) in [6.07, 6.45) is 6.70. The highest BCUT2D eigenvalue weighted by Gasteiger charge is 2.19. The molecule has 1 aliphatic rings. The molecule has 1 aromatic rings. The van der Waals surface area contributed by atoms with Gasteiger partial charge in [0.15, 0.2) is 0 Å². The van der Waals surface area contributed by atoms with Gasteiger partial charge in [0, 0.05) is 19.3 Å². The van der Waals surface area contributed by atoms with Crippen molar-refractivity contribution < 1.29 is 0 Å². The van der Waals surface area contributed by atoms with E-state index in [0.29, 0.717) is 6.04 Å². The number of aromatic nitrogens is 2. The Morgan fingerprint density at radius 1 is 1.42 bits per heavy atom. The van der Waals surface area contributed by atoms with Gasteiger partial charge in [-0.15, -0.1) is 0 Å². The van der Waals surface area contributed by atoms with Crippen molar-refractivity contribution in [2.24, 2.45) is 7.05 Å². The fraction of sp³-hybridized carbons (Fsp3) is 0.667. The Bertz CT molecular complexity index is 318. The van der Waals surface area contributed by atoms with Crippen LogP contribution in [-0.4, -0.2) is 9.36 Å². The number of nitrogens with zero attached hydrogens (tertiary/aromatic N) is 2. The maximum absolute atomic E-state index is 11.4. The van der Waals surface area contributed by atoms with E-state index in [4.69, 9.17) is 0 Å². The Hall–Kier alpha value is -0.990. The van der Waals surface area contributed by atoms with E-state index in [-0.39, 0.29) is 5.56 Å². The largest absolute Gasteiger partial charge is 0.293 e. The van der Waals surface area contributed by atoms with Crippen LogP contribution in [0.4, 0.5) is 0 Å². The summed E-state index contributed by atoms with van der Waals surface area (Å²) in [6.45, 7) is 0. The van der Waals surface area contributed by atoms with Crippen LogP contribution in [-0.2, 0) is 7.05 Å². The molecule has 1 heterocycles. The Labute approximate surface area is 71.6 Å². The van der Waals surface area contributed by atoms with Gasteiger partial charge in [0.1, 0.15) is 0 Å². The zero-order chi connectivity index (χ0) is 8.55. The molecule has 66 valence electrons. The fourth-order valence-electron chi connectivity index (χ4n) is 2.06. The quantitative estimate of drug-likeness (QED) is 0.617. The van der Waals surface area contributed by atoms with Crippen LogP contribution < -0.4 is 5.56 Å². The van der Waals surface area contributed by atoms with Crippen LogP contribution in [0.1, 0.15) is 31.7 Å². The molecule has 1 saturated carbocycles. The molecule has 0 saturated heterocycles. The number of hydrogen-bond donors (Lipinski definition) is 0. The second-order valence-electron chi connectivity index (χ2n) is 3.51. The van der Waals surface area contributed by atoms with Crippen LogP contribution in [0.25, 0.3) is 0 Å². The van der Waals surface area contributed by atoms with E-state index < -0.39 is 0 Å². The first-order valence-electron chi connectivity index (χ1n) is 4.53. The molecular formula is C9H14N2O. The molecule has 3 nitrogen and oxygen atoms in total. The molecule has 0 radical (unpaired) electrons. The van der Waals surface area contributed by atoms with Gasteiger partial charge in [0.2, 0.25) is 0 Å². The van der Waals surface area contributed by atoms with E-state index in [1.54, 1.807) is 6.07 Å². The van der Waals surface area contributed by atoms with E-state index in [9.17, 15) is 4.79 Å². The predicted octanol–water partition coefficient (Wildman–Crippen LogP) is 1.30. The zero-order valence-corrected chi connectivity index (χ0v) is 7.36. The Balaban J connectivity index is 2.37. The monoisotopic (exact) mass is 166 g/mol. The van der Waals surface area contributed by atoms with Gasteiger partial charge in [0.25, 0.3) is 5.56 Å². The van der Waals surface area contributed by atoms with Gasteiger partial charge >= 0.3 is 0 Å². The van der Waals surface area contributed by atoms with Gasteiger partial charge in [-0.25, -0.2) is 4.68 Å². The van der Waals surface area contributed by atoms with Gasteiger partial charge in [-0.05, 0) is 12.8 Å². The van der Waals surface area contributed by atoms with Crippen LogP contribution in [0.5, 0.6) is 0 Å². The summed E-state index contributed by atoms with van der Waals surface area (Å²) in [5.41, 5.74) is 0.143. The number of rotatable bonds is 1. The summed E-state index contributed by atoms with van der Waals surface area (Å²) >= 11 is 0. The highest BCUT2D eigenvalue weighted by molar-refractivity contribution is 4.87. The smallest absolute Gasteiger partial charge is 0.266 e. The van der Waals surface area contributed by atoms with Crippen molar-refractivity contribution >= 4 is 0 Å². The summed E-state index contributed by atoms with van der Waals surface area (Å²) < 4.78 is 3.77. The molecule has 0 aromatic carbocycles. The maximum atomic E-state index is 11.4. The molecule has 0 unspecified atom stereocenters. The topological polar surface area (TPSA) is 26.9 Å². The molecule has 0 aliphatic heterocycles. The zero-order valence-electron chi connectivity index (χ0n) is 7.36. The Kier molecular flexibility index (Phi) is 1.79. The second-order valence-corrected chi connectivity index (χ2v) is 3.51. The molecule has 1 aliphatic carbocycles. The fourth-order valence-corrected chi connectivity index (χ4v) is 2.06. The van der Waals surface area contributed by atoms with Crippen LogP contribution in [0.2, 0.25) is 0 Å². The van der Waals surface area contributed by atoms with Crippen molar-refractivity contribution in [2.75, 3.05) is 0 Å². The van der Waals surface area contributed by atoms with Crippen molar-refractivity contribution in [3.05, 3.63) is 22.6 Å². The van der Waals surface area contributed by atoms with E-state index in [2.05, 4.69) is 0 Å². The number of hydrogen-bond acceptors (Lipinski definition) is 1. The molecule has 0 amide bonds. The molecule has 0 atom stereocenters. The second kappa shape index (κ2) is 2.81. The first kappa shape index (κ1) is 7.65. The first-order valence-corrected chi connectivity index (χ1v) is 4.53. The van der Waals surface area contributed by atoms with Gasteiger partial charge in [-0.1, -0.05) is 12.8 Å². The van der Waals surface area contributed by atoms with E-state index >= 15 is 0 Å². The lowest BCUT2D eigenvalue weighted by Gasteiger charge is -2.13. The highest BCUT2D eigenvalue weighted by Crippen LogP contribution is 2.27. The molecule has 1 aromatic heterocycles. The summed E-state index contributed by atoms with van der Waals surface area (Å²) in [4.78, 5) is 11.4. The molecule has 2 rings (SSSR count). The predicted molar refractivity (Wildman–Crippen MR) is 47.2 cm³/mol. The van der Waals surface area contributed by atoms with Crippen LogP contribution in [0.3, 0.4) is 0 Å². The van der Waals surface area contributed by atoms with Gasteiger partial charge in [-0.2, -0.15) is 0 Å². The summed E-state index contributed by atoms with van der Waals surface area (Å²) in [5, 5.41) is 0. The van der Waals surface area contributed by atoms with Crippen molar-refractivity contribution in [1.29, 1.82) is 0 Å². The lowest BCUT2D eigenvalue weighted by atomic mass is 10.3. The lowest BCUT2D eigenvalue weighted by Crippen LogP contribution is -2.24. The van der Waals surface area contributed by atoms with E-state index in [1.807, 2.05) is 22.6 Å². The highest BCUT2D eigenvalue weighted by atomic mass is 16.1. The van der Waals surface area contributed by atoms with Gasteiger partial charge in [0.05, 0.1) is 6.04 Å². The van der Waals surface area contributed by atoms with Crippen molar-refractivity contribution in [3.63, 3.8) is 0 Å². The standard InChI is InChI=1S/C9H14N2O/c1-10-7-6-9(12)11(10)8-4-2-3-5-8/h6-8H,2-5H2,1H3. The summed E-state index contributed by atoms with van der Waals surface area (Å²) in [6, 6.07) is 2.09. The van der Waals surface area contributed by atoms with Crippen molar-refractivity contribution in [1.82, 2.24) is 9.36 Å². The third kappa shape index (κ3) is 1.09. The molecule has 1 fully saturated rings. The van der Waals surface area contributed by atoms with Gasteiger partial charge in [-0.3, -0.25) is 9.48 Å². The average molecular weight is 166 g/mol. The average Bonchev–Trinajstić information content (AvgIpc) is 2.61. The van der Waals surface area contributed by atoms with Gasteiger partial charge < -0.3 is 0 Å². The van der Waals surface area contributed by atoms with Crippen LogP contribution >= 0.6 is 0 Å². The molecule has 12 heavy (non-hydrogen) atoms. The minimum absolute atomic E-state index is 0.143. The molecule has 0 bridgehead atoms. The van der Waals surface area contributed by atoms with Crippen molar-refractivity contribution in [3.8, 4) is 0 Å². The first-order chi connectivity index (χ1) is 5.79. The molecule has 3 heteroatoms. The summed E-state index contributed by atoms with van der Waals surface area (Å²) in [5.74, 6) is 0. The van der Waals surface area contributed by atoms with E-state index in [0.717, 1.165) is 12.8 Å².